The third kappa shape index (κ3) is 4.47. The quantitative estimate of drug-likeness (QED) is 0.438. The van der Waals surface area contributed by atoms with Gasteiger partial charge in [0.2, 0.25) is 0 Å². The van der Waals surface area contributed by atoms with Crippen molar-refractivity contribution in [2.75, 3.05) is 18.5 Å². The van der Waals surface area contributed by atoms with Gasteiger partial charge in [0, 0.05) is 25.4 Å². The van der Waals surface area contributed by atoms with Gasteiger partial charge in [0.05, 0.1) is 5.69 Å². The van der Waals surface area contributed by atoms with E-state index in [0.717, 1.165) is 25.8 Å². The second-order valence-electron chi connectivity index (χ2n) is 5.53. The molecule has 1 atom stereocenters. The molecule has 2 rings (SSSR count). The first-order valence-corrected chi connectivity index (χ1v) is 7.73. The number of benzene rings is 1. The number of aliphatic hydroxyl groups excluding tert-OH is 1. The fourth-order valence-corrected chi connectivity index (χ4v) is 2.72. The van der Waals surface area contributed by atoms with Gasteiger partial charge in [-0.2, -0.15) is 5.26 Å². The highest BCUT2D eigenvalue weighted by Gasteiger charge is 2.21. The number of hydrogen-bond donors (Lipinski definition) is 3. The fraction of sp³-hybridized carbons (Fsp3) is 0.412. The topological polar surface area (TPSA) is 96.6 Å². The van der Waals surface area contributed by atoms with Crippen molar-refractivity contribution in [1.82, 2.24) is 4.90 Å². The average Bonchev–Trinajstić information content (AvgIpc) is 2.56. The van der Waals surface area contributed by atoms with Gasteiger partial charge in [-0.15, -0.1) is 0 Å². The van der Waals surface area contributed by atoms with Crippen LogP contribution >= 0.6 is 0 Å². The van der Waals surface area contributed by atoms with E-state index in [4.69, 9.17) is 5.11 Å². The highest BCUT2D eigenvalue weighted by Crippen LogP contribution is 2.23. The van der Waals surface area contributed by atoms with Crippen LogP contribution in [-0.2, 0) is 4.79 Å². The number of para-hydroxylation sites is 2. The molecule has 6 nitrogen and oxygen atoms in total. The van der Waals surface area contributed by atoms with Crippen LogP contribution in [-0.4, -0.2) is 40.2 Å². The Kier molecular flexibility index (Phi) is 6.01. The van der Waals surface area contributed by atoms with E-state index in [-0.39, 0.29) is 29.7 Å². The number of aliphatic hydroxyl groups is 1. The number of phenols is 1. The van der Waals surface area contributed by atoms with Crippen LogP contribution in [0.1, 0.15) is 25.7 Å². The predicted molar refractivity (Wildman–Crippen MR) is 86.5 cm³/mol. The van der Waals surface area contributed by atoms with E-state index in [1.807, 2.05) is 11.0 Å². The Bertz CT molecular complexity index is 620. The number of piperidine rings is 1. The first kappa shape index (κ1) is 16.8. The molecule has 1 aliphatic rings. The summed E-state index contributed by atoms with van der Waals surface area (Å²) < 4.78 is 0. The number of nitriles is 1. The molecule has 122 valence electrons. The molecular weight excluding hydrogens is 294 g/mol. The Labute approximate surface area is 135 Å². The SMILES string of the molecule is N#C/C(=C/N1CCCCC1CCO)C(=O)Nc1ccccc1O. The normalized spacial score (nSPS) is 18.3. The second-order valence-corrected chi connectivity index (χ2v) is 5.53. The number of anilines is 1. The number of aromatic hydroxyl groups is 1. The van der Waals surface area contributed by atoms with Crippen molar-refractivity contribution < 1.29 is 15.0 Å². The molecule has 6 heteroatoms. The lowest BCUT2D eigenvalue weighted by molar-refractivity contribution is -0.112. The number of carbonyl (C=O) groups excluding carboxylic acids is 1. The minimum atomic E-state index is -0.553. The first-order chi connectivity index (χ1) is 11.2. The monoisotopic (exact) mass is 315 g/mol. The molecule has 0 bridgehead atoms. The average molecular weight is 315 g/mol. The number of carbonyl (C=O) groups is 1. The van der Waals surface area contributed by atoms with Gasteiger partial charge in [-0.3, -0.25) is 4.79 Å². The highest BCUT2D eigenvalue weighted by molar-refractivity contribution is 6.07. The largest absolute Gasteiger partial charge is 0.506 e. The third-order valence-corrected chi connectivity index (χ3v) is 3.95. The number of amides is 1. The molecule has 1 fully saturated rings. The predicted octanol–water partition coefficient (Wildman–Crippen LogP) is 1.98. The number of hydrogen-bond acceptors (Lipinski definition) is 5. The van der Waals surface area contributed by atoms with Crippen LogP contribution in [0.3, 0.4) is 0 Å². The molecule has 0 spiro atoms. The zero-order valence-corrected chi connectivity index (χ0v) is 12.9. The summed E-state index contributed by atoms with van der Waals surface area (Å²) in [6.45, 7) is 0.848. The Morgan fingerprint density at radius 2 is 2.22 bits per heavy atom. The van der Waals surface area contributed by atoms with Gasteiger partial charge >= 0.3 is 0 Å². The van der Waals surface area contributed by atoms with E-state index >= 15 is 0 Å². The second kappa shape index (κ2) is 8.20. The summed E-state index contributed by atoms with van der Waals surface area (Å²) in [6.07, 6.45) is 5.21. The van der Waals surface area contributed by atoms with Gasteiger partial charge in [0.25, 0.3) is 5.91 Å². The zero-order chi connectivity index (χ0) is 16.7. The Morgan fingerprint density at radius 1 is 1.43 bits per heavy atom. The van der Waals surface area contributed by atoms with Crippen molar-refractivity contribution in [2.45, 2.75) is 31.7 Å². The smallest absolute Gasteiger partial charge is 0.267 e. The van der Waals surface area contributed by atoms with E-state index in [9.17, 15) is 15.2 Å². The fourth-order valence-electron chi connectivity index (χ4n) is 2.72. The Hall–Kier alpha value is -2.52. The van der Waals surface area contributed by atoms with E-state index in [2.05, 4.69) is 5.32 Å². The maximum absolute atomic E-state index is 12.2. The first-order valence-electron chi connectivity index (χ1n) is 7.73. The molecule has 3 N–H and O–H groups in total. The number of nitrogens with zero attached hydrogens (tertiary/aromatic N) is 2. The van der Waals surface area contributed by atoms with Gasteiger partial charge in [0.15, 0.2) is 0 Å². The minimum absolute atomic E-state index is 0.0157. The lowest BCUT2D eigenvalue weighted by Gasteiger charge is -2.34. The van der Waals surface area contributed by atoms with Crippen LogP contribution in [0, 0.1) is 11.3 Å². The minimum Gasteiger partial charge on any atom is -0.506 e. The standard InChI is InChI=1S/C17H21N3O3/c18-11-13(12-20-9-4-3-5-14(20)8-10-21)17(23)19-15-6-1-2-7-16(15)22/h1-2,6-7,12,14,21-22H,3-5,8-10H2,(H,19,23)/b13-12-. The molecule has 1 aromatic rings. The van der Waals surface area contributed by atoms with Crippen molar-refractivity contribution in [3.8, 4) is 11.8 Å². The highest BCUT2D eigenvalue weighted by atomic mass is 16.3. The summed E-state index contributed by atoms with van der Waals surface area (Å²) in [7, 11) is 0. The van der Waals surface area contributed by atoms with Crippen LogP contribution < -0.4 is 5.32 Å². The van der Waals surface area contributed by atoms with Crippen molar-refractivity contribution in [3.05, 3.63) is 36.0 Å². The van der Waals surface area contributed by atoms with E-state index in [0.29, 0.717) is 6.42 Å². The molecular formula is C17H21N3O3. The Morgan fingerprint density at radius 3 is 2.91 bits per heavy atom. The lowest BCUT2D eigenvalue weighted by Crippen LogP contribution is -2.37. The van der Waals surface area contributed by atoms with Gasteiger partial charge in [0.1, 0.15) is 17.4 Å². The third-order valence-electron chi connectivity index (χ3n) is 3.95. The summed E-state index contributed by atoms with van der Waals surface area (Å²) in [6, 6.07) is 8.44. The summed E-state index contributed by atoms with van der Waals surface area (Å²) in [4.78, 5) is 14.2. The molecule has 0 aliphatic carbocycles. The van der Waals surface area contributed by atoms with Crippen LogP contribution in [0.2, 0.25) is 0 Å². The van der Waals surface area contributed by atoms with Crippen LogP contribution in [0.4, 0.5) is 5.69 Å². The molecule has 23 heavy (non-hydrogen) atoms. The zero-order valence-electron chi connectivity index (χ0n) is 12.9. The number of phenolic OH excluding ortho intramolecular Hbond substituents is 1. The van der Waals surface area contributed by atoms with Crippen molar-refractivity contribution in [2.24, 2.45) is 0 Å². The van der Waals surface area contributed by atoms with Crippen molar-refractivity contribution in [1.29, 1.82) is 5.26 Å². The summed E-state index contributed by atoms with van der Waals surface area (Å²) >= 11 is 0. The van der Waals surface area contributed by atoms with Gasteiger partial charge < -0.3 is 20.4 Å². The van der Waals surface area contributed by atoms with E-state index < -0.39 is 5.91 Å². The van der Waals surface area contributed by atoms with Gasteiger partial charge in [-0.25, -0.2) is 0 Å². The Balaban J connectivity index is 2.12. The maximum Gasteiger partial charge on any atom is 0.267 e. The number of rotatable bonds is 5. The molecule has 1 heterocycles. The molecule has 1 saturated heterocycles. The lowest BCUT2D eigenvalue weighted by atomic mass is 10.00. The van der Waals surface area contributed by atoms with Crippen molar-refractivity contribution in [3.63, 3.8) is 0 Å². The maximum atomic E-state index is 12.2. The van der Waals surface area contributed by atoms with E-state index in [1.165, 1.54) is 6.07 Å². The molecule has 1 aliphatic heterocycles. The molecule has 1 amide bonds. The van der Waals surface area contributed by atoms with Crippen LogP contribution in [0.15, 0.2) is 36.0 Å². The molecule has 0 radical (unpaired) electrons. The molecule has 1 aromatic carbocycles. The molecule has 0 saturated carbocycles. The van der Waals surface area contributed by atoms with Crippen LogP contribution in [0.25, 0.3) is 0 Å². The summed E-state index contributed by atoms with van der Waals surface area (Å²) in [5.74, 6) is -0.600. The molecule has 1 unspecified atom stereocenters. The number of nitrogens with one attached hydrogen (secondary N) is 1. The summed E-state index contributed by atoms with van der Waals surface area (Å²) in [5.41, 5.74) is 0.252. The molecule has 0 aromatic heterocycles. The number of likely N-dealkylation sites (tertiary alicyclic amines) is 1. The van der Waals surface area contributed by atoms with Crippen LogP contribution in [0.5, 0.6) is 5.75 Å². The van der Waals surface area contributed by atoms with Gasteiger partial charge in [-0.05, 0) is 37.8 Å². The van der Waals surface area contributed by atoms with Gasteiger partial charge in [-0.1, -0.05) is 12.1 Å². The van der Waals surface area contributed by atoms with E-state index in [1.54, 1.807) is 24.4 Å². The summed E-state index contributed by atoms with van der Waals surface area (Å²) in [5, 5.41) is 30.6. The van der Waals surface area contributed by atoms with Crippen molar-refractivity contribution >= 4 is 11.6 Å².